The Morgan fingerprint density at radius 1 is 1.03 bits per heavy atom. The van der Waals surface area contributed by atoms with Crippen LogP contribution in [0.15, 0.2) is 70.4 Å². The van der Waals surface area contributed by atoms with Crippen molar-refractivity contribution in [2.24, 2.45) is 0 Å². The summed E-state index contributed by atoms with van der Waals surface area (Å²) in [5.41, 5.74) is 1.91. The number of aryl methyl sites for hydroxylation is 2. The van der Waals surface area contributed by atoms with Crippen molar-refractivity contribution in [1.82, 2.24) is 24.4 Å². The third-order valence-corrected chi connectivity index (χ3v) is 5.18. The van der Waals surface area contributed by atoms with E-state index in [4.69, 9.17) is 0 Å². The van der Waals surface area contributed by atoms with E-state index in [0.29, 0.717) is 18.9 Å². The Hall–Kier alpha value is -4.07. The summed E-state index contributed by atoms with van der Waals surface area (Å²) in [4.78, 5) is 47.3. The summed E-state index contributed by atoms with van der Waals surface area (Å²) in [5.74, 6) is 0.00211. The maximum Gasteiger partial charge on any atom is 0.333 e. The highest BCUT2D eigenvalue weighted by Crippen LogP contribution is 2.16. The highest BCUT2D eigenvalue weighted by atomic mass is 16.2. The van der Waals surface area contributed by atoms with Gasteiger partial charge in [-0.2, -0.15) is 0 Å². The van der Waals surface area contributed by atoms with Crippen LogP contribution in [-0.2, 0) is 24.4 Å². The molecule has 0 saturated heterocycles. The monoisotopic (exact) mass is 429 g/mol. The van der Waals surface area contributed by atoms with Crippen LogP contribution in [0.3, 0.4) is 0 Å². The van der Waals surface area contributed by atoms with Gasteiger partial charge in [0.25, 0.3) is 5.56 Å². The lowest BCUT2D eigenvalue weighted by molar-refractivity contribution is -0.121. The second-order valence-corrected chi connectivity index (χ2v) is 7.48. The van der Waals surface area contributed by atoms with Crippen molar-refractivity contribution in [2.45, 2.75) is 33.5 Å². The van der Waals surface area contributed by atoms with Gasteiger partial charge in [-0.25, -0.2) is 14.8 Å². The quantitative estimate of drug-likeness (QED) is 0.507. The van der Waals surface area contributed by atoms with Crippen LogP contribution in [0, 0.1) is 6.92 Å². The number of aromatic nitrogens is 4. The molecule has 162 valence electrons. The predicted molar refractivity (Wildman–Crippen MR) is 122 cm³/mol. The fourth-order valence-corrected chi connectivity index (χ4v) is 3.57. The van der Waals surface area contributed by atoms with Gasteiger partial charge in [0.2, 0.25) is 5.91 Å². The molecular formula is C24H23N5O3. The van der Waals surface area contributed by atoms with Crippen LogP contribution >= 0.6 is 0 Å². The first-order valence-corrected chi connectivity index (χ1v) is 10.4. The molecule has 4 rings (SSSR count). The van der Waals surface area contributed by atoms with Crippen molar-refractivity contribution in [1.29, 1.82) is 0 Å². The second-order valence-electron chi connectivity index (χ2n) is 7.48. The lowest BCUT2D eigenvalue weighted by atomic mass is 10.1. The summed E-state index contributed by atoms with van der Waals surface area (Å²) in [5, 5.41) is 2.96. The average Bonchev–Trinajstić information content (AvgIpc) is 2.81. The number of hydrogen-bond acceptors (Lipinski definition) is 5. The van der Waals surface area contributed by atoms with Crippen molar-refractivity contribution in [2.75, 3.05) is 0 Å². The maximum absolute atomic E-state index is 13.0. The van der Waals surface area contributed by atoms with Gasteiger partial charge in [-0.05, 0) is 19.4 Å². The lowest BCUT2D eigenvalue weighted by Gasteiger charge is -2.13. The van der Waals surface area contributed by atoms with E-state index >= 15 is 0 Å². The van der Waals surface area contributed by atoms with Crippen LogP contribution in [0.2, 0.25) is 0 Å². The zero-order valence-corrected chi connectivity index (χ0v) is 17.9. The molecule has 1 amide bonds. The summed E-state index contributed by atoms with van der Waals surface area (Å²) in [6.45, 7) is 4.00. The summed E-state index contributed by atoms with van der Waals surface area (Å²) < 4.78 is 2.32. The highest BCUT2D eigenvalue weighted by molar-refractivity contribution is 5.78. The minimum atomic E-state index is -0.583. The number of nitrogens with one attached hydrogen (secondary N) is 1. The van der Waals surface area contributed by atoms with E-state index in [0.717, 1.165) is 21.3 Å². The zero-order chi connectivity index (χ0) is 22.7. The first-order valence-electron chi connectivity index (χ1n) is 10.4. The van der Waals surface area contributed by atoms with Gasteiger partial charge in [0.15, 0.2) is 11.5 Å². The van der Waals surface area contributed by atoms with Crippen molar-refractivity contribution in [3.8, 4) is 11.4 Å². The first-order chi connectivity index (χ1) is 15.5. The fraction of sp³-hybridized carbons (Fsp3) is 0.208. The van der Waals surface area contributed by atoms with E-state index in [1.165, 1.54) is 10.8 Å². The average molecular weight is 429 g/mol. The number of amides is 1. The number of benzene rings is 2. The molecule has 8 nitrogen and oxygen atoms in total. The Bertz CT molecular complexity index is 1410. The van der Waals surface area contributed by atoms with Gasteiger partial charge in [-0.15, -0.1) is 0 Å². The highest BCUT2D eigenvalue weighted by Gasteiger charge is 2.17. The molecule has 32 heavy (non-hydrogen) atoms. The third kappa shape index (κ3) is 4.20. The Morgan fingerprint density at radius 3 is 2.53 bits per heavy atom. The number of carbonyl (C=O) groups excluding carboxylic acids is 1. The summed E-state index contributed by atoms with van der Waals surface area (Å²) in [6.07, 6.45) is 1.42. The van der Waals surface area contributed by atoms with Gasteiger partial charge in [0, 0.05) is 24.8 Å². The zero-order valence-electron chi connectivity index (χ0n) is 17.9. The van der Waals surface area contributed by atoms with Crippen molar-refractivity contribution in [3.05, 3.63) is 92.8 Å². The van der Waals surface area contributed by atoms with Gasteiger partial charge in [-0.1, -0.05) is 60.2 Å². The molecule has 1 N–H and O–H groups in total. The summed E-state index contributed by atoms with van der Waals surface area (Å²) in [7, 11) is 0. The molecule has 8 heteroatoms. The lowest BCUT2D eigenvalue weighted by Crippen LogP contribution is -2.44. The van der Waals surface area contributed by atoms with E-state index < -0.39 is 17.2 Å². The van der Waals surface area contributed by atoms with Crippen LogP contribution in [-0.4, -0.2) is 25.0 Å². The molecule has 2 aromatic carbocycles. The van der Waals surface area contributed by atoms with Crippen LogP contribution in [0.4, 0.5) is 0 Å². The number of hydrogen-bond donors (Lipinski definition) is 1. The van der Waals surface area contributed by atoms with E-state index in [-0.39, 0.29) is 17.6 Å². The van der Waals surface area contributed by atoms with Crippen LogP contribution < -0.4 is 16.6 Å². The number of nitrogens with zero attached hydrogens (tertiary/aromatic N) is 4. The maximum atomic E-state index is 13.0. The minimum absolute atomic E-state index is 0.192. The molecule has 4 aromatic rings. The molecule has 0 aliphatic heterocycles. The molecule has 0 atom stereocenters. The normalized spacial score (nSPS) is 10.9. The molecule has 2 heterocycles. The van der Waals surface area contributed by atoms with Gasteiger partial charge in [0.05, 0.1) is 0 Å². The van der Waals surface area contributed by atoms with Gasteiger partial charge in [0.1, 0.15) is 11.9 Å². The first kappa shape index (κ1) is 21.2. The molecular weight excluding hydrogens is 406 g/mol. The van der Waals surface area contributed by atoms with E-state index in [9.17, 15) is 14.4 Å². The van der Waals surface area contributed by atoms with E-state index in [1.54, 1.807) is 6.92 Å². The second kappa shape index (κ2) is 8.97. The van der Waals surface area contributed by atoms with Crippen molar-refractivity contribution < 1.29 is 4.79 Å². The van der Waals surface area contributed by atoms with E-state index in [2.05, 4.69) is 15.3 Å². The molecule has 0 aliphatic carbocycles. The number of rotatable bonds is 6. The summed E-state index contributed by atoms with van der Waals surface area (Å²) >= 11 is 0. The molecule has 2 aromatic heterocycles. The fourth-order valence-electron chi connectivity index (χ4n) is 3.57. The summed E-state index contributed by atoms with van der Waals surface area (Å²) in [6, 6.07) is 17.1. The largest absolute Gasteiger partial charge is 0.350 e. The van der Waals surface area contributed by atoms with E-state index in [1.807, 2.05) is 61.5 Å². The van der Waals surface area contributed by atoms with Crippen molar-refractivity contribution in [3.63, 3.8) is 0 Å². The molecule has 0 unspecified atom stereocenters. The number of fused-ring (bicyclic) bond motifs is 1. The Balaban J connectivity index is 1.67. The van der Waals surface area contributed by atoms with Crippen LogP contribution in [0.25, 0.3) is 22.4 Å². The van der Waals surface area contributed by atoms with Crippen LogP contribution in [0.1, 0.15) is 18.1 Å². The molecule has 0 aliphatic rings. The van der Waals surface area contributed by atoms with Gasteiger partial charge in [-0.3, -0.25) is 18.7 Å². The SMILES string of the molecule is CCn1c(=O)n(CC(=O)NCc2cccc(C)c2)c(=O)c2cnc(-c3ccccc3)nc21. The minimum Gasteiger partial charge on any atom is -0.350 e. The van der Waals surface area contributed by atoms with Crippen molar-refractivity contribution >= 4 is 16.9 Å². The standard InChI is InChI=1S/C24H23N5O3/c1-3-28-22-19(14-26-21(27-22)18-10-5-4-6-11-18)23(31)29(24(28)32)15-20(30)25-13-17-9-7-8-16(2)12-17/h4-12,14H,3,13,15H2,1-2H3,(H,25,30). The third-order valence-electron chi connectivity index (χ3n) is 5.18. The smallest absolute Gasteiger partial charge is 0.333 e. The van der Waals surface area contributed by atoms with Crippen LogP contribution in [0.5, 0.6) is 0 Å². The molecule has 0 saturated carbocycles. The predicted octanol–water partition coefficient (Wildman–Crippen LogP) is 2.26. The molecule has 0 bridgehead atoms. The molecule has 0 radical (unpaired) electrons. The topological polar surface area (TPSA) is 98.9 Å². The molecule has 0 spiro atoms. The Kier molecular flexibility index (Phi) is 5.93. The number of carbonyl (C=O) groups is 1. The Morgan fingerprint density at radius 2 is 1.81 bits per heavy atom. The van der Waals surface area contributed by atoms with Gasteiger partial charge >= 0.3 is 5.69 Å². The Labute approximate surface area is 184 Å². The van der Waals surface area contributed by atoms with Gasteiger partial charge < -0.3 is 5.32 Å². The molecule has 0 fully saturated rings.